The van der Waals surface area contributed by atoms with Crippen LogP contribution in [0.1, 0.15) is 36.1 Å². The van der Waals surface area contributed by atoms with E-state index in [-0.39, 0.29) is 6.10 Å². The summed E-state index contributed by atoms with van der Waals surface area (Å²) in [6.07, 6.45) is 2.54. The monoisotopic (exact) mass is 237 g/mol. The summed E-state index contributed by atoms with van der Waals surface area (Å²) in [5, 5.41) is 2.09. The third kappa shape index (κ3) is 1.39. The number of benzene rings is 2. The fourth-order valence-electron chi connectivity index (χ4n) is 3.11. The van der Waals surface area contributed by atoms with Crippen LogP contribution in [0.25, 0.3) is 0 Å². The lowest BCUT2D eigenvalue weighted by Crippen LogP contribution is -2.40. The van der Waals surface area contributed by atoms with Crippen LogP contribution in [0.3, 0.4) is 0 Å². The molecule has 5 rings (SSSR count). The molecule has 2 bridgehead atoms. The van der Waals surface area contributed by atoms with Crippen molar-refractivity contribution in [1.29, 1.82) is 0 Å². The maximum Gasteiger partial charge on any atom is 0.111 e. The van der Waals surface area contributed by atoms with Crippen LogP contribution in [0.4, 0.5) is 5.69 Å². The third-order valence-corrected chi connectivity index (χ3v) is 3.94. The van der Waals surface area contributed by atoms with Gasteiger partial charge in [-0.05, 0) is 36.1 Å². The second-order valence-electron chi connectivity index (χ2n) is 4.98. The lowest BCUT2D eigenvalue weighted by molar-refractivity contribution is -0.0403. The van der Waals surface area contributed by atoms with Crippen LogP contribution >= 0.6 is 0 Å². The van der Waals surface area contributed by atoms with E-state index in [0.29, 0.717) is 6.04 Å². The predicted molar refractivity (Wildman–Crippen MR) is 71.2 cm³/mol. The molecular formula is C16H15NO. The van der Waals surface area contributed by atoms with Crippen molar-refractivity contribution in [1.82, 2.24) is 0 Å². The Hall–Kier alpha value is -1.80. The van der Waals surface area contributed by atoms with E-state index in [2.05, 4.69) is 53.6 Å². The molecular weight excluding hydrogens is 222 g/mol. The Bertz CT molecular complexity index is 566. The molecule has 0 saturated carbocycles. The maximum absolute atomic E-state index is 6.13. The van der Waals surface area contributed by atoms with Crippen molar-refractivity contribution in [3.63, 3.8) is 0 Å². The van der Waals surface area contributed by atoms with Crippen LogP contribution in [0.2, 0.25) is 0 Å². The minimum Gasteiger partial charge on any atom is -0.265 e. The predicted octanol–water partition coefficient (Wildman–Crippen LogP) is 4.01. The van der Waals surface area contributed by atoms with Gasteiger partial charge in [-0.3, -0.25) is 4.84 Å². The number of fused-ring (bicyclic) bond motifs is 2. The molecule has 90 valence electrons. The Morgan fingerprint density at radius 3 is 2.39 bits per heavy atom. The summed E-state index contributed by atoms with van der Waals surface area (Å²) < 4.78 is 0. The van der Waals surface area contributed by atoms with Gasteiger partial charge in [0.2, 0.25) is 0 Å². The van der Waals surface area contributed by atoms with E-state index < -0.39 is 0 Å². The van der Waals surface area contributed by atoms with Crippen molar-refractivity contribution < 1.29 is 4.84 Å². The molecule has 3 aliphatic rings. The zero-order valence-electron chi connectivity index (χ0n) is 10.1. The SMILES string of the molecule is c1ccc(N2OC3CCC2c2ccccc23)cc1. The Labute approximate surface area is 107 Å². The second-order valence-corrected chi connectivity index (χ2v) is 4.98. The van der Waals surface area contributed by atoms with E-state index in [1.54, 1.807) is 0 Å². The molecule has 2 heteroatoms. The van der Waals surface area contributed by atoms with Crippen molar-refractivity contribution in [2.75, 3.05) is 5.06 Å². The minimum atomic E-state index is 0.228. The molecule has 0 amide bonds. The van der Waals surface area contributed by atoms with E-state index in [9.17, 15) is 0 Å². The minimum absolute atomic E-state index is 0.228. The van der Waals surface area contributed by atoms with Crippen molar-refractivity contribution >= 4 is 5.69 Å². The van der Waals surface area contributed by atoms with Crippen molar-refractivity contribution in [3.8, 4) is 0 Å². The second kappa shape index (κ2) is 3.85. The van der Waals surface area contributed by atoms with Gasteiger partial charge < -0.3 is 0 Å². The van der Waals surface area contributed by atoms with Gasteiger partial charge in [-0.1, -0.05) is 42.5 Å². The average Bonchev–Trinajstić information content (AvgIpc) is 2.49. The Morgan fingerprint density at radius 2 is 1.56 bits per heavy atom. The quantitative estimate of drug-likeness (QED) is 0.743. The molecule has 2 aromatic carbocycles. The van der Waals surface area contributed by atoms with Crippen LogP contribution in [0.5, 0.6) is 0 Å². The maximum atomic E-state index is 6.13. The summed E-state index contributed by atoms with van der Waals surface area (Å²) in [6, 6.07) is 19.4. The van der Waals surface area contributed by atoms with Crippen molar-refractivity contribution in [3.05, 3.63) is 65.7 Å². The van der Waals surface area contributed by atoms with Gasteiger partial charge >= 0.3 is 0 Å². The summed E-state index contributed by atoms with van der Waals surface area (Å²) in [6.45, 7) is 0. The number of hydrogen-bond acceptors (Lipinski definition) is 2. The van der Waals surface area contributed by atoms with Gasteiger partial charge in [-0.15, -0.1) is 0 Å². The Kier molecular flexibility index (Phi) is 2.17. The summed E-state index contributed by atoms with van der Waals surface area (Å²) in [5.74, 6) is 0. The lowest BCUT2D eigenvalue weighted by Gasteiger charge is -2.46. The van der Waals surface area contributed by atoms with Crippen LogP contribution < -0.4 is 5.06 Å². The lowest BCUT2D eigenvalue weighted by atomic mass is 9.84. The highest BCUT2D eigenvalue weighted by atomic mass is 16.7. The zero-order chi connectivity index (χ0) is 11.9. The van der Waals surface area contributed by atoms with Crippen LogP contribution in [0.15, 0.2) is 54.6 Å². The Balaban J connectivity index is 1.80. The molecule has 18 heavy (non-hydrogen) atoms. The first kappa shape index (κ1) is 10.2. The molecule has 2 nitrogen and oxygen atoms in total. The fourth-order valence-corrected chi connectivity index (χ4v) is 3.11. The topological polar surface area (TPSA) is 12.5 Å². The third-order valence-electron chi connectivity index (χ3n) is 3.94. The molecule has 2 heterocycles. The highest BCUT2D eigenvalue weighted by Crippen LogP contribution is 2.48. The fraction of sp³-hybridized carbons (Fsp3) is 0.250. The van der Waals surface area contributed by atoms with E-state index in [0.717, 1.165) is 12.1 Å². The molecule has 2 aromatic rings. The standard InChI is InChI=1S/C16H15NO/c1-2-6-12(7-3-1)17-15-10-11-16(18-17)14-9-5-4-8-13(14)15/h1-9,15-16H,10-11H2. The number of rotatable bonds is 1. The average molecular weight is 237 g/mol. The first-order chi connectivity index (χ1) is 8.93. The molecule has 2 atom stereocenters. The van der Waals surface area contributed by atoms with E-state index in [1.165, 1.54) is 17.5 Å². The first-order valence-corrected chi connectivity index (χ1v) is 6.53. The number of hydrogen-bond donors (Lipinski definition) is 0. The van der Waals surface area contributed by atoms with E-state index >= 15 is 0 Å². The number of para-hydroxylation sites is 1. The van der Waals surface area contributed by atoms with Crippen LogP contribution in [-0.2, 0) is 4.84 Å². The molecule has 0 spiro atoms. The van der Waals surface area contributed by atoms with Gasteiger partial charge in [-0.25, -0.2) is 5.06 Å². The molecule has 0 aromatic heterocycles. The van der Waals surface area contributed by atoms with Crippen LogP contribution in [-0.4, -0.2) is 0 Å². The smallest absolute Gasteiger partial charge is 0.111 e. The molecule has 2 aliphatic heterocycles. The molecule has 0 N–H and O–H groups in total. The van der Waals surface area contributed by atoms with Gasteiger partial charge in [0, 0.05) is 0 Å². The first-order valence-electron chi connectivity index (χ1n) is 6.53. The van der Waals surface area contributed by atoms with Gasteiger partial charge in [0.15, 0.2) is 0 Å². The van der Waals surface area contributed by atoms with Crippen LogP contribution in [0, 0.1) is 0 Å². The summed E-state index contributed by atoms with van der Waals surface area (Å²) in [4.78, 5) is 6.13. The molecule has 1 fully saturated rings. The molecule has 0 radical (unpaired) electrons. The van der Waals surface area contributed by atoms with Gasteiger partial charge in [0.25, 0.3) is 0 Å². The Morgan fingerprint density at radius 1 is 0.833 bits per heavy atom. The van der Waals surface area contributed by atoms with Gasteiger partial charge in [0.05, 0.1) is 11.7 Å². The van der Waals surface area contributed by atoms with Gasteiger partial charge in [-0.2, -0.15) is 0 Å². The number of nitrogens with zero attached hydrogens (tertiary/aromatic N) is 1. The summed E-state index contributed by atoms with van der Waals surface area (Å²) in [5.41, 5.74) is 3.96. The van der Waals surface area contributed by atoms with Crippen molar-refractivity contribution in [2.24, 2.45) is 0 Å². The van der Waals surface area contributed by atoms with E-state index in [4.69, 9.17) is 4.84 Å². The van der Waals surface area contributed by atoms with Gasteiger partial charge in [0.1, 0.15) is 6.10 Å². The highest BCUT2D eigenvalue weighted by Gasteiger charge is 2.39. The summed E-state index contributed by atoms with van der Waals surface area (Å²) >= 11 is 0. The zero-order valence-corrected chi connectivity index (χ0v) is 10.1. The number of hydroxylamine groups is 1. The number of anilines is 1. The summed E-state index contributed by atoms with van der Waals surface area (Å²) in [7, 11) is 0. The van der Waals surface area contributed by atoms with E-state index in [1.807, 2.05) is 6.07 Å². The molecule has 2 unspecified atom stereocenters. The highest BCUT2D eigenvalue weighted by molar-refractivity contribution is 5.50. The molecule has 1 saturated heterocycles. The normalized spacial score (nSPS) is 25.0. The molecule has 1 aliphatic carbocycles. The largest absolute Gasteiger partial charge is 0.265 e. The van der Waals surface area contributed by atoms with Crippen molar-refractivity contribution in [2.45, 2.75) is 25.0 Å².